The van der Waals surface area contributed by atoms with Crippen LogP contribution in [0.4, 0.5) is 5.13 Å². The van der Waals surface area contributed by atoms with Gasteiger partial charge in [-0.25, -0.2) is 4.98 Å². The first-order valence-corrected chi connectivity index (χ1v) is 10.9. The van der Waals surface area contributed by atoms with E-state index in [0.29, 0.717) is 28.9 Å². The van der Waals surface area contributed by atoms with Crippen molar-refractivity contribution in [3.63, 3.8) is 0 Å². The largest absolute Gasteiger partial charge is 0.467 e. The molecule has 0 spiro atoms. The van der Waals surface area contributed by atoms with Crippen LogP contribution in [0, 0.1) is 0 Å². The summed E-state index contributed by atoms with van der Waals surface area (Å²) in [5.41, 5.74) is 0.722. The van der Waals surface area contributed by atoms with Crippen LogP contribution in [0.2, 0.25) is 5.02 Å². The van der Waals surface area contributed by atoms with Gasteiger partial charge in [0.25, 0.3) is 0 Å². The number of anilines is 1. The molecule has 7 heteroatoms. The molecule has 0 bridgehead atoms. The SMILES string of the molecule is O=C(CCSc1ccccc1)N(Cc1ccco1)c1nc2c(Cl)cccc2s1. The number of hydrogen-bond donors (Lipinski definition) is 0. The van der Waals surface area contributed by atoms with E-state index in [2.05, 4.69) is 4.98 Å². The number of furan rings is 1. The summed E-state index contributed by atoms with van der Waals surface area (Å²) in [4.78, 5) is 20.5. The van der Waals surface area contributed by atoms with Crippen molar-refractivity contribution in [2.75, 3.05) is 10.7 Å². The molecule has 0 saturated heterocycles. The molecule has 2 aromatic heterocycles. The number of amides is 1. The first kappa shape index (κ1) is 19.1. The summed E-state index contributed by atoms with van der Waals surface area (Å²) < 4.78 is 6.42. The van der Waals surface area contributed by atoms with Crippen molar-refractivity contribution in [2.45, 2.75) is 17.9 Å². The fourth-order valence-corrected chi connectivity index (χ4v) is 4.89. The maximum absolute atomic E-state index is 13.0. The van der Waals surface area contributed by atoms with E-state index in [1.807, 2.05) is 60.7 Å². The van der Waals surface area contributed by atoms with Gasteiger partial charge in [0.1, 0.15) is 11.3 Å². The maximum Gasteiger partial charge on any atom is 0.230 e. The fourth-order valence-electron chi connectivity index (χ4n) is 2.75. The Balaban J connectivity index is 1.54. The zero-order valence-electron chi connectivity index (χ0n) is 14.9. The third-order valence-electron chi connectivity index (χ3n) is 4.11. The molecule has 1 amide bonds. The molecular weight excluding hydrogens is 412 g/mol. The van der Waals surface area contributed by atoms with E-state index in [1.54, 1.807) is 22.9 Å². The highest BCUT2D eigenvalue weighted by Crippen LogP contribution is 2.34. The minimum atomic E-state index is 0.00927. The Morgan fingerprint density at radius 3 is 2.71 bits per heavy atom. The normalized spacial score (nSPS) is 11.0. The Labute approximate surface area is 176 Å². The highest BCUT2D eigenvalue weighted by molar-refractivity contribution is 7.99. The number of nitrogens with zero attached hydrogens (tertiary/aromatic N) is 2. The fraction of sp³-hybridized carbons (Fsp3) is 0.143. The average molecular weight is 429 g/mol. The minimum Gasteiger partial charge on any atom is -0.467 e. The van der Waals surface area contributed by atoms with Gasteiger partial charge >= 0.3 is 0 Å². The van der Waals surface area contributed by atoms with Crippen LogP contribution >= 0.6 is 34.7 Å². The summed E-state index contributed by atoms with van der Waals surface area (Å²) in [7, 11) is 0. The third kappa shape index (κ3) is 4.41. The smallest absolute Gasteiger partial charge is 0.230 e. The number of thiazole rings is 1. The lowest BCUT2D eigenvalue weighted by molar-refractivity contribution is -0.118. The number of carbonyl (C=O) groups is 1. The van der Waals surface area contributed by atoms with Crippen LogP contribution in [-0.2, 0) is 11.3 Å². The van der Waals surface area contributed by atoms with Crippen molar-refractivity contribution >= 4 is 56.0 Å². The van der Waals surface area contributed by atoms with Gasteiger partial charge in [-0.1, -0.05) is 47.2 Å². The third-order valence-corrected chi connectivity index (χ3v) is 6.47. The molecule has 0 aliphatic carbocycles. The molecule has 2 aromatic carbocycles. The highest BCUT2D eigenvalue weighted by atomic mass is 35.5. The zero-order valence-corrected chi connectivity index (χ0v) is 17.3. The van der Waals surface area contributed by atoms with Gasteiger partial charge in [-0.15, -0.1) is 11.8 Å². The number of halogens is 1. The predicted molar refractivity (Wildman–Crippen MR) is 116 cm³/mol. The van der Waals surface area contributed by atoms with Crippen molar-refractivity contribution in [1.82, 2.24) is 4.98 Å². The lowest BCUT2D eigenvalue weighted by atomic mass is 10.3. The molecule has 0 fully saturated rings. The lowest BCUT2D eigenvalue weighted by Crippen LogP contribution is -2.30. The van der Waals surface area contributed by atoms with Crippen molar-refractivity contribution in [3.05, 3.63) is 77.7 Å². The molecule has 4 rings (SSSR count). The standard InChI is InChI=1S/C21H17ClN2O2S2/c22-17-9-4-10-18-20(17)23-21(28-18)24(14-15-6-5-12-26-15)19(25)11-13-27-16-7-2-1-3-8-16/h1-10,12H,11,13-14H2. The number of para-hydroxylation sites is 1. The molecular formula is C21H17ClN2O2S2. The van der Waals surface area contributed by atoms with E-state index in [1.165, 1.54) is 11.3 Å². The Kier molecular flexibility index (Phi) is 6.00. The molecule has 4 nitrogen and oxygen atoms in total. The van der Waals surface area contributed by atoms with Crippen LogP contribution in [0.25, 0.3) is 10.2 Å². The van der Waals surface area contributed by atoms with Crippen molar-refractivity contribution in [2.24, 2.45) is 0 Å². The monoisotopic (exact) mass is 428 g/mol. The van der Waals surface area contributed by atoms with Crippen LogP contribution in [0.15, 0.2) is 76.2 Å². The minimum absolute atomic E-state index is 0.00927. The Bertz CT molecular complexity index is 1060. The number of fused-ring (bicyclic) bond motifs is 1. The van der Waals surface area contributed by atoms with E-state index in [4.69, 9.17) is 16.0 Å². The molecule has 28 heavy (non-hydrogen) atoms. The van der Waals surface area contributed by atoms with Gasteiger partial charge in [0.2, 0.25) is 5.91 Å². The molecule has 0 aliphatic heterocycles. The van der Waals surface area contributed by atoms with Crippen molar-refractivity contribution < 1.29 is 9.21 Å². The summed E-state index contributed by atoms with van der Waals surface area (Å²) in [5.74, 6) is 1.42. The molecule has 0 saturated carbocycles. The number of thioether (sulfide) groups is 1. The Morgan fingerprint density at radius 2 is 1.96 bits per heavy atom. The molecule has 4 aromatic rings. The highest BCUT2D eigenvalue weighted by Gasteiger charge is 2.21. The summed E-state index contributed by atoms with van der Waals surface area (Å²) in [6.45, 7) is 0.347. The van der Waals surface area contributed by atoms with Gasteiger partial charge in [-0.3, -0.25) is 9.69 Å². The maximum atomic E-state index is 13.0. The number of aromatic nitrogens is 1. The molecule has 0 atom stereocenters. The molecule has 0 N–H and O–H groups in total. The van der Waals surface area contributed by atoms with Gasteiger partial charge in [0, 0.05) is 17.1 Å². The van der Waals surface area contributed by atoms with E-state index >= 15 is 0 Å². The van der Waals surface area contributed by atoms with Gasteiger partial charge in [0.15, 0.2) is 5.13 Å². The Hall–Kier alpha value is -2.28. The summed E-state index contributed by atoms with van der Waals surface area (Å²) >= 11 is 9.40. The average Bonchev–Trinajstić information content (AvgIpc) is 3.37. The second kappa shape index (κ2) is 8.82. The first-order valence-electron chi connectivity index (χ1n) is 8.76. The molecule has 142 valence electrons. The summed E-state index contributed by atoms with van der Waals surface area (Å²) in [6, 6.07) is 19.4. The van der Waals surface area contributed by atoms with E-state index in [9.17, 15) is 4.79 Å². The topological polar surface area (TPSA) is 46.3 Å². The van der Waals surface area contributed by atoms with Gasteiger partial charge < -0.3 is 4.42 Å². The summed E-state index contributed by atoms with van der Waals surface area (Å²) in [6.07, 6.45) is 2.02. The quantitative estimate of drug-likeness (QED) is 0.326. The van der Waals surface area contributed by atoms with Crippen LogP contribution in [0.3, 0.4) is 0 Å². The van der Waals surface area contributed by atoms with E-state index < -0.39 is 0 Å². The second-order valence-electron chi connectivity index (χ2n) is 6.05. The first-order chi connectivity index (χ1) is 13.7. The van der Waals surface area contributed by atoms with Gasteiger partial charge in [-0.05, 0) is 36.4 Å². The van der Waals surface area contributed by atoms with Crippen LogP contribution in [0.5, 0.6) is 0 Å². The number of carbonyl (C=O) groups excluding carboxylic acids is 1. The molecule has 0 unspecified atom stereocenters. The number of benzene rings is 2. The van der Waals surface area contributed by atoms with E-state index in [0.717, 1.165) is 20.9 Å². The van der Waals surface area contributed by atoms with Gasteiger partial charge in [-0.2, -0.15) is 0 Å². The Morgan fingerprint density at radius 1 is 1.11 bits per heavy atom. The van der Waals surface area contributed by atoms with Crippen LogP contribution in [0.1, 0.15) is 12.2 Å². The van der Waals surface area contributed by atoms with Crippen LogP contribution < -0.4 is 4.90 Å². The second-order valence-corrected chi connectivity index (χ2v) is 8.64. The number of hydrogen-bond acceptors (Lipinski definition) is 5. The molecule has 0 aliphatic rings. The van der Waals surface area contributed by atoms with Crippen molar-refractivity contribution in [3.8, 4) is 0 Å². The predicted octanol–water partition coefficient (Wildman–Crippen LogP) is 6.26. The summed E-state index contributed by atoms with van der Waals surface area (Å²) in [5, 5.41) is 1.22. The number of rotatable bonds is 7. The van der Waals surface area contributed by atoms with Crippen LogP contribution in [-0.4, -0.2) is 16.6 Å². The van der Waals surface area contributed by atoms with E-state index in [-0.39, 0.29) is 5.91 Å². The molecule has 2 heterocycles. The van der Waals surface area contributed by atoms with Gasteiger partial charge in [0.05, 0.1) is 22.5 Å². The lowest BCUT2D eigenvalue weighted by Gasteiger charge is -2.18. The van der Waals surface area contributed by atoms with Crippen molar-refractivity contribution in [1.29, 1.82) is 0 Å². The zero-order chi connectivity index (χ0) is 19.3. The molecule has 0 radical (unpaired) electrons.